The summed E-state index contributed by atoms with van der Waals surface area (Å²) in [5, 5.41) is 4.06. The molecular weight excluding hydrogens is 220 g/mol. The van der Waals surface area contributed by atoms with Crippen LogP contribution in [0, 0.1) is 0 Å². The number of nitrogens with one attached hydrogen (secondary N) is 1. The molecule has 3 heteroatoms. The van der Waals surface area contributed by atoms with Gasteiger partial charge in [-0.05, 0) is 38.9 Å². The van der Waals surface area contributed by atoms with Crippen LogP contribution < -0.4 is 10.2 Å². The number of anilines is 1. The first-order chi connectivity index (χ1) is 7.74. The second-order valence-corrected chi connectivity index (χ2v) is 4.86. The number of rotatable bonds is 3. The Bertz CT molecular complexity index is 365. The summed E-state index contributed by atoms with van der Waals surface area (Å²) in [5.74, 6) is 0. The fraction of sp³-hybridized carbons (Fsp3) is 0.538. The molecule has 1 heterocycles. The number of hydrogen-bond donors (Lipinski definition) is 1. The lowest BCUT2D eigenvalue weighted by molar-refractivity contribution is 0.726. The van der Waals surface area contributed by atoms with Crippen molar-refractivity contribution in [1.29, 1.82) is 0 Å². The van der Waals surface area contributed by atoms with Crippen LogP contribution in [0.2, 0.25) is 5.02 Å². The fourth-order valence-electron chi connectivity index (χ4n) is 2.46. The molecule has 1 saturated heterocycles. The van der Waals surface area contributed by atoms with Crippen LogP contribution in [0.4, 0.5) is 5.69 Å². The van der Waals surface area contributed by atoms with E-state index < -0.39 is 0 Å². The largest absolute Gasteiger partial charge is 0.369 e. The Labute approximate surface area is 103 Å². The first-order valence-electron chi connectivity index (χ1n) is 5.92. The fourth-order valence-corrected chi connectivity index (χ4v) is 2.70. The minimum absolute atomic E-state index is 0.633. The molecule has 0 aromatic heterocycles. The van der Waals surface area contributed by atoms with Crippen LogP contribution in [0.25, 0.3) is 0 Å². The molecule has 0 spiro atoms. The normalized spacial score (nSPS) is 20.4. The summed E-state index contributed by atoms with van der Waals surface area (Å²) in [5.41, 5.74) is 2.52. The van der Waals surface area contributed by atoms with Gasteiger partial charge in [0.15, 0.2) is 0 Å². The van der Waals surface area contributed by atoms with Gasteiger partial charge in [0.1, 0.15) is 0 Å². The van der Waals surface area contributed by atoms with Crippen LogP contribution in [0.5, 0.6) is 0 Å². The van der Waals surface area contributed by atoms with Gasteiger partial charge in [-0.1, -0.05) is 17.7 Å². The Balaban J connectivity index is 2.35. The smallest absolute Gasteiger partial charge is 0.0471 e. The monoisotopic (exact) mass is 238 g/mol. The van der Waals surface area contributed by atoms with Crippen LogP contribution in [0.15, 0.2) is 18.2 Å². The van der Waals surface area contributed by atoms with E-state index in [1.165, 1.54) is 24.1 Å². The Hall–Kier alpha value is -0.730. The SMILES string of the molecule is CNCc1c(Cl)cccc1N1CCCC1C. The molecule has 2 nitrogen and oxygen atoms in total. The van der Waals surface area contributed by atoms with E-state index in [2.05, 4.69) is 23.2 Å². The Morgan fingerprint density at radius 1 is 1.50 bits per heavy atom. The average Bonchev–Trinajstić information content (AvgIpc) is 2.68. The third kappa shape index (κ3) is 2.18. The second-order valence-electron chi connectivity index (χ2n) is 4.45. The molecule has 1 N–H and O–H groups in total. The summed E-state index contributed by atoms with van der Waals surface area (Å²) in [7, 11) is 1.96. The summed E-state index contributed by atoms with van der Waals surface area (Å²) in [6, 6.07) is 6.83. The van der Waals surface area contributed by atoms with Crippen molar-refractivity contribution in [1.82, 2.24) is 5.32 Å². The van der Waals surface area contributed by atoms with Gasteiger partial charge in [0.05, 0.1) is 0 Å². The zero-order valence-corrected chi connectivity index (χ0v) is 10.7. The summed E-state index contributed by atoms with van der Waals surface area (Å²) in [6.45, 7) is 4.27. The molecule has 0 aliphatic carbocycles. The molecule has 1 aromatic carbocycles. The van der Waals surface area contributed by atoms with Gasteiger partial charge in [-0.3, -0.25) is 0 Å². The highest BCUT2D eigenvalue weighted by Crippen LogP contribution is 2.32. The van der Waals surface area contributed by atoms with E-state index in [-0.39, 0.29) is 0 Å². The summed E-state index contributed by atoms with van der Waals surface area (Å²) in [4.78, 5) is 2.47. The molecule has 1 fully saturated rings. The third-order valence-electron chi connectivity index (χ3n) is 3.31. The first kappa shape index (κ1) is 11.7. The molecule has 0 bridgehead atoms. The maximum absolute atomic E-state index is 6.27. The van der Waals surface area contributed by atoms with Crippen molar-refractivity contribution >= 4 is 17.3 Å². The molecule has 88 valence electrons. The summed E-state index contributed by atoms with van der Waals surface area (Å²) in [6.07, 6.45) is 2.57. The van der Waals surface area contributed by atoms with Gasteiger partial charge in [-0.15, -0.1) is 0 Å². The van der Waals surface area contributed by atoms with Crippen LogP contribution in [0.1, 0.15) is 25.3 Å². The number of hydrogen-bond acceptors (Lipinski definition) is 2. The van der Waals surface area contributed by atoms with Crippen LogP contribution in [-0.4, -0.2) is 19.6 Å². The van der Waals surface area contributed by atoms with E-state index in [4.69, 9.17) is 11.6 Å². The summed E-state index contributed by atoms with van der Waals surface area (Å²) < 4.78 is 0. The highest BCUT2D eigenvalue weighted by molar-refractivity contribution is 6.31. The lowest BCUT2D eigenvalue weighted by Gasteiger charge is -2.27. The van der Waals surface area contributed by atoms with Gasteiger partial charge < -0.3 is 10.2 Å². The summed E-state index contributed by atoms with van der Waals surface area (Å²) >= 11 is 6.27. The predicted molar refractivity (Wildman–Crippen MR) is 70.3 cm³/mol. The number of benzene rings is 1. The molecular formula is C13H19ClN2. The van der Waals surface area contributed by atoms with Crippen LogP contribution in [0.3, 0.4) is 0 Å². The van der Waals surface area contributed by atoms with Crippen molar-refractivity contribution in [3.05, 3.63) is 28.8 Å². The van der Waals surface area contributed by atoms with Crippen molar-refractivity contribution < 1.29 is 0 Å². The predicted octanol–water partition coefficient (Wildman–Crippen LogP) is 3.05. The van der Waals surface area contributed by atoms with E-state index in [1.807, 2.05) is 19.2 Å². The minimum atomic E-state index is 0.633. The van der Waals surface area contributed by atoms with Crippen molar-refractivity contribution in [3.8, 4) is 0 Å². The maximum atomic E-state index is 6.27. The molecule has 1 aromatic rings. The molecule has 1 aliphatic rings. The van der Waals surface area contributed by atoms with Gasteiger partial charge in [-0.2, -0.15) is 0 Å². The average molecular weight is 239 g/mol. The molecule has 1 unspecified atom stereocenters. The third-order valence-corrected chi connectivity index (χ3v) is 3.66. The van der Waals surface area contributed by atoms with Gasteiger partial charge in [-0.25, -0.2) is 0 Å². The van der Waals surface area contributed by atoms with Crippen LogP contribution in [-0.2, 0) is 6.54 Å². The maximum Gasteiger partial charge on any atom is 0.0471 e. The highest BCUT2D eigenvalue weighted by atomic mass is 35.5. The van der Waals surface area contributed by atoms with Gasteiger partial charge in [0.2, 0.25) is 0 Å². The van der Waals surface area contributed by atoms with Crippen molar-refractivity contribution in [3.63, 3.8) is 0 Å². The number of nitrogens with zero attached hydrogens (tertiary/aromatic N) is 1. The van der Waals surface area contributed by atoms with Crippen molar-refractivity contribution in [2.24, 2.45) is 0 Å². The molecule has 2 rings (SSSR count). The van der Waals surface area contributed by atoms with E-state index >= 15 is 0 Å². The zero-order chi connectivity index (χ0) is 11.5. The molecule has 1 atom stereocenters. The number of halogens is 1. The molecule has 0 amide bonds. The van der Waals surface area contributed by atoms with E-state index in [0.29, 0.717) is 6.04 Å². The van der Waals surface area contributed by atoms with Gasteiger partial charge in [0.25, 0.3) is 0 Å². The van der Waals surface area contributed by atoms with E-state index in [1.54, 1.807) is 0 Å². The van der Waals surface area contributed by atoms with Crippen LogP contribution >= 0.6 is 11.6 Å². The second kappa shape index (κ2) is 5.07. The zero-order valence-electron chi connectivity index (χ0n) is 9.96. The molecule has 1 aliphatic heterocycles. The molecule has 16 heavy (non-hydrogen) atoms. The van der Waals surface area contributed by atoms with Crippen molar-refractivity contribution in [2.45, 2.75) is 32.4 Å². The van der Waals surface area contributed by atoms with Gasteiger partial charge in [0, 0.05) is 35.4 Å². The van der Waals surface area contributed by atoms with E-state index in [9.17, 15) is 0 Å². The van der Waals surface area contributed by atoms with E-state index in [0.717, 1.165) is 18.1 Å². The molecule has 0 saturated carbocycles. The molecule has 0 radical (unpaired) electrons. The first-order valence-corrected chi connectivity index (χ1v) is 6.30. The van der Waals surface area contributed by atoms with Crippen molar-refractivity contribution in [2.75, 3.05) is 18.5 Å². The lowest BCUT2D eigenvalue weighted by Crippen LogP contribution is -2.28. The topological polar surface area (TPSA) is 15.3 Å². The standard InChI is InChI=1S/C13H19ClN2/c1-10-5-4-8-16(10)13-7-3-6-12(14)11(13)9-15-2/h3,6-7,10,15H,4-5,8-9H2,1-2H3. The Morgan fingerprint density at radius 2 is 2.31 bits per heavy atom. The quantitative estimate of drug-likeness (QED) is 0.871. The minimum Gasteiger partial charge on any atom is -0.369 e. The van der Waals surface area contributed by atoms with Gasteiger partial charge >= 0.3 is 0 Å². The lowest BCUT2D eigenvalue weighted by atomic mass is 10.1. The Kier molecular flexibility index (Phi) is 3.72. The highest BCUT2D eigenvalue weighted by Gasteiger charge is 2.23. The Morgan fingerprint density at radius 3 is 2.94 bits per heavy atom.